The van der Waals surface area contributed by atoms with E-state index in [-0.39, 0.29) is 11.7 Å². The number of imidazole rings is 1. The molecule has 0 aliphatic rings. The number of aromatic nitrogens is 2. The van der Waals surface area contributed by atoms with Crippen molar-refractivity contribution in [2.45, 2.75) is 19.4 Å². The molecule has 2 unspecified atom stereocenters. The molecule has 1 heterocycles. The SMILES string of the molecule is CCC(C(=O)OC)C(N)c1ccc2[nH]c(=O)[nH]c2c1. The van der Waals surface area contributed by atoms with E-state index >= 15 is 0 Å². The Labute approximate surface area is 110 Å². The summed E-state index contributed by atoms with van der Waals surface area (Å²) >= 11 is 0. The monoisotopic (exact) mass is 263 g/mol. The number of hydrogen-bond donors (Lipinski definition) is 3. The number of H-pyrrole nitrogens is 2. The van der Waals surface area contributed by atoms with Crippen LogP contribution in [0.4, 0.5) is 0 Å². The van der Waals surface area contributed by atoms with Crippen LogP contribution in [0.1, 0.15) is 24.9 Å². The second-order valence-electron chi connectivity index (χ2n) is 4.45. The van der Waals surface area contributed by atoms with Gasteiger partial charge in [0.2, 0.25) is 0 Å². The lowest BCUT2D eigenvalue weighted by atomic mass is 9.91. The summed E-state index contributed by atoms with van der Waals surface area (Å²) in [5, 5.41) is 0. The normalized spacial score (nSPS) is 14.3. The number of esters is 1. The largest absolute Gasteiger partial charge is 0.469 e. The number of fused-ring (bicyclic) bond motifs is 1. The Bertz CT molecular complexity index is 644. The number of nitrogens with one attached hydrogen (secondary N) is 2. The summed E-state index contributed by atoms with van der Waals surface area (Å²) in [7, 11) is 1.35. The average Bonchev–Trinajstić information content (AvgIpc) is 2.77. The zero-order valence-electron chi connectivity index (χ0n) is 10.9. The van der Waals surface area contributed by atoms with Crippen molar-refractivity contribution in [3.8, 4) is 0 Å². The van der Waals surface area contributed by atoms with E-state index in [0.29, 0.717) is 17.5 Å². The summed E-state index contributed by atoms with van der Waals surface area (Å²) < 4.78 is 4.75. The molecule has 0 aliphatic carbocycles. The van der Waals surface area contributed by atoms with Crippen LogP contribution in [0.3, 0.4) is 0 Å². The summed E-state index contributed by atoms with van der Waals surface area (Å²) in [4.78, 5) is 28.2. The van der Waals surface area contributed by atoms with Crippen molar-refractivity contribution in [2.24, 2.45) is 11.7 Å². The van der Waals surface area contributed by atoms with Crippen LogP contribution in [-0.2, 0) is 9.53 Å². The van der Waals surface area contributed by atoms with Gasteiger partial charge in [0, 0.05) is 6.04 Å². The van der Waals surface area contributed by atoms with Crippen LogP contribution in [0.5, 0.6) is 0 Å². The average molecular weight is 263 g/mol. The Morgan fingerprint density at radius 2 is 2.05 bits per heavy atom. The maximum absolute atomic E-state index is 11.7. The molecule has 1 aromatic heterocycles. The molecule has 0 bridgehead atoms. The topological polar surface area (TPSA) is 101 Å². The predicted molar refractivity (Wildman–Crippen MR) is 71.6 cm³/mol. The second-order valence-corrected chi connectivity index (χ2v) is 4.45. The molecule has 0 saturated heterocycles. The standard InChI is InChI=1S/C13H17N3O3/c1-3-8(12(17)19-2)11(14)7-4-5-9-10(6-7)16-13(18)15-9/h4-6,8,11H,3,14H2,1-2H3,(H2,15,16,18). The molecule has 19 heavy (non-hydrogen) atoms. The van der Waals surface area contributed by atoms with E-state index in [2.05, 4.69) is 9.97 Å². The Balaban J connectivity index is 2.36. The molecular formula is C13H17N3O3. The minimum atomic E-state index is -0.458. The highest BCUT2D eigenvalue weighted by Crippen LogP contribution is 2.25. The quantitative estimate of drug-likeness (QED) is 0.718. The fourth-order valence-electron chi connectivity index (χ4n) is 2.21. The minimum Gasteiger partial charge on any atom is -0.469 e. The van der Waals surface area contributed by atoms with Crippen molar-refractivity contribution in [3.05, 3.63) is 34.2 Å². The molecule has 0 radical (unpaired) electrons. The first-order valence-corrected chi connectivity index (χ1v) is 6.12. The van der Waals surface area contributed by atoms with Gasteiger partial charge in [-0.1, -0.05) is 13.0 Å². The van der Waals surface area contributed by atoms with E-state index < -0.39 is 12.0 Å². The lowest BCUT2D eigenvalue weighted by Crippen LogP contribution is -2.28. The molecule has 0 aliphatic heterocycles. The van der Waals surface area contributed by atoms with Crippen molar-refractivity contribution >= 4 is 17.0 Å². The summed E-state index contributed by atoms with van der Waals surface area (Å²) in [6, 6.07) is 4.90. The van der Waals surface area contributed by atoms with Gasteiger partial charge >= 0.3 is 11.7 Å². The van der Waals surface area contributed by atoms with Gasteiger partial charge in [0.25, 0.3) is 0 Å². The van der Waals surface area contributed by atoms with Gasteiger partial charge < -0.3 is 20.4 Å². The van der Waals surface area contributed by atoms with Crippen molar-refractivity contribution in [2.75, 3.05) is 7.11 Å². The fourth-order valence-corrected chi connectivity index (χ4v) is 2.21. The Morgan fingerprint density at radius 3 is 2.68 bits per heavy atom. The first-order chi connectivity index (χ1) is 9.06. The molecule has 2 rings (SSSR count). The lowest BCUT2D eigenvalue weighted by Gasteiger charge is -2.20. The van der Waals surface area contributed by atoms with Crippen molar-refractivity contribution in [3.63, 3.8) is 0 Å². The van der Waals surface area contributed by atoms with Crippen LogP contribution in [0.25, 0.3) is 11.0 Å². The molecule has 102 valence electrons. The first kappa shape index (κ1) is 13.4. The zero-order chi connectivity index (χ0) is 14.0. The van der Waals surface area contributed by atoms with Crippen LogP contribution >= 0.6 is 0 Å². The summed E-state index contributed by atoms with van der Waals surface area (Å²) in [6.45, 7) is 1.89. The van der Waals surface area contributed by atoms with E-state index in [4.69, 9.17) is 10.5 Å². The molecule has 0 saturated carbocycles. The number of carbonyl (C=O) groups excluding carboxylic acids is 1. The van der Waals surface area contributed by atoms with E-state index in [1.807, 2.05) is 13.0 Å². The Hall–Kier alpha value is -2.08. The van der Waals surface area contributed by atoms with E-state index in [0.717, 1.165) is 5.56 Å². The predicted octanol–water partition coefficient (Wildman–Crippen LogP) is 1.06. The number of ether oxygens (including phenoxy) is 1. The number of aromatic amines is 2. The highest BCUT2D eigenvalue weighted by molar-refractivity contribution is 5.77. The van der Waals surface area contributed by atoms with E-state index in [1.54, 1.807) is 12.1 Å². The third-order valence-electron chi connectivity index (χ3n) is 3.30. The molecule has 0 amide bonds. The zero-order valence-corrected chi connectivity index (χ0v) is 10.9. The van der Waals surface area contributed by atoms with Gasteiger partial charge in [0.1, 0.15) is 0 Å². The number of methoxy groups -OCH3 is 1. The molecule has 1 aromatic carbocycles. The molecule has 0 fully saturated rings. The summed E-state index contributed by atoms with van der Waals surface area (Å²) in [6.07, 6.45) is 0.593. The molecule has 0 spiro atoms. The van der Waals surface area contributed by atoms with Gasteiger partial charge in [-0.05, 0) is 24.1 Å². The second kappa shape index (κ2) is 5.27. The molecule has 6 nitrogen and oxygen atoms in total. The van der Waals surface area contributed by atoms with Gasteiger partial charge in [-0.2, -0.15) is 0 Å². The highest BCUT2D eigenvalue weighted by atomic mass is 16.5. The molecule has 6 heteroatoms. The number of carbonyl (C=O) groups is 1. The van der Waals surface area contributed by atoms with Crippen LogP contribution in [-0.4, -0.2) is 23.0 Å². The van der Waals surface area contributed by atoms with Gasteiger partial charge in [-0.25, -0.2) is 4.79 Å². The smallest absolute Gasteiger partial charge is 0.323 e. The lowest BCUT2D eigenvalue weighted by molar-refractivity contribution is -0.146. The number of nitrogens with two attached hydrogens (primary N) is 1. The third kappa shape index (κ3) is 2.53. The van der Waals surface area contributed by atoms with Crippen LogP contribution in [0.2, 0.25) is 0 Å². The van der Waals surface area contributed by atoms with Gasteiger partial charge in [-0.3, -0.25) is 4.79 Å². The Kier molecular flexibility index (Phi) is 3.71. The fraction of sp³-hybridized carbons (Fsp3) is 0.385. The van der Waals surface area contributed by atoms with Gasteiger partial charge in [-0.15, -0.1) is 0 Å². The van der Waals surface area contributed by atoms with Crippen LogP contribution < -0.4 is 11.4 Å². The Morgan fingerprint density at radius 1 is 1.37 bits per heavy atom. The van der Waals surface area contributed by atoms with Crippen LogP contribution in [0.15, 0.2) is 23.0 Å². The van der Waals surface area contributed by atoms with Crippen molar-refractivity contribution < 1.29 is 9.53 Å². The summed E-state index contributed by atoms with van der Waals surface area (Å²) in [5.41, 5.74) is 8.04. The van der Waals surface area contributed by atoms with Crippen molar-refractivity contribution in [1.82, 2.24) is 9.97 Å². The number of hydrogen-bond acceptors (Lipinski definition) is 4. The van der Waals surface area contributed by atoms with E-state index in [1.165, 1.54) is 7.11 Å². The maximum atomic E-state index is 11.7. The third-order valence-corrected chi connectivity index (χ3v) is 3.30. The molecular weight excluding hydrogens is 246 g/mol. The molecule has 2 aromatic rings. The maximum Gasteiger partial charge on any atom is 0.323 e. The number of benzene rings is 1. The highest BCUT2D eigenvalue weighted by Gasteiger charge is 2.26. The molecule has 2 atom stereocenters. The van der Waals surface area contributed by atoms with Gasteiger partial charge in [0.05, 0.1) is 24.1 Å². The minimum absolute atomic E-state index is 0.263. The molecule has 4 N–H and O–H groups in total. The van der Waals surface area contributed by atoms with E-state index in [9.17, 15) is 9.59 Å². The number of rotatable bonds is 4. The van der Waals surface area contributed by atoms with Crippen LogP contribution in [0, 0.1) is 5.92 Å². The summed E-state index contributed by atoms with van der Waals surface area (Å²) in [5.74, 6) is -0.717. The van der Waals surface area contributed by atoms with Gasteiger partial charge in [0.15, 0.2) is 0 Å². The first-order valence-electron chi connectivity index (χ1n) is 6.12. The van der Waals surface area contributed by atoms with Crippen molar-refractivity contribution in [1.29, 1.82) is 0 Å².